The number of ether oxygens (including phenoxy) is 3. The number of aromatic nitrogens is 4. The molecule has 3 heterocycles. The van der Waals surface area contributed by atoms with E-state index in [-0.39, 0.29) is 0 Å². The molecule has 1 aliphatic rings. The highest BCUT2D eigenvalue weighted by atomic mass is 32.1. The molecule has 3 aromatic heterocycles. The molecular formula is C21H22N6O3S. The maximum atomic E-state index is 5.46. The SMILES string of the molecule is COc1cc(Nc2nc(NC3CC3)c3ncn(-c4ccsc4)c3n2)cc(OC)c1OC. The van der Waals surface area contributed by atoms with Gasteiger partial charge < -0.3 is 24.8 Å². The molecule has 0 radical (unpaired) electrons. The fourth-order valence-corrected chi connectivity index (χ4v) is 3.97. The third-order valence-corrected chi connectivity index (χ3v) is 5.69. The zero-order chi connectivity index (χ0) is 21.4. The van der Waals surface area contributed by atoms with Gasteiger partial charge in [0.15, 0.2) is 28.5 Å². The molecule has 0 spiro atoms. The average Bonchev–Trinajstić information content (AvgIpc) is 3.25. The number of anilines is 3. The quantitative estimate of drug-likeness (QED) is 0.422. The molecule has 9 nitrogen and oxygen atoms in total. The molecule has 4 aromatic rings. The van der Waals surface area contributed by atoms with Gasteiger partial charge in [-0.25, -0.2) is 4.98 Å². The molecule has 0 unspecified atom stereocenters. The van der Waals surface area contributed by atoms with Gasteiger partial charge in [-0.1, -0.05) is 0 Å². The summed E-state index contributed by atoms with van der Waals surface area (Å²) in [5.41, 5.74) is 3.20. The minimum absolute atomic E-state index is 0.429. The Morgan fingerprint density at radius 3 is 2.45 bits per heavy atom. The van der Waals surface area contributed by atoms with E-state index in [0.29, 0.717) is 34.9 Å². The van der Waals surface area contributed by atoms with Crippen LogP contribution in [-0.4, -0.2) is 46.9 Å². The zero-order valence-corrected chi connectivity index (χ0v) is 18.2. The van der Waals surface area contributed by atoms with E-state index in [1.54, 1.807) is 39.0 Å². The fraction of sp³-hybridized carbons (Fsp3) is 0.286. The summed E-state index contributed by atoms with van der Waals surface area (Å²) in [7, 11) is 4.74. The standard InChI is InChI=1S/C21H22N6O3S/c1-28-15-8-13(9-16(29-2)18(15)30-3)24-21-25-19(23-12-4-5-12)17-20(26-21)27(11-22-17)14-6-7-31-10-14/h6-12H,4-5H2,1-3H3,(H2,23,24,25,26). The smallest absolute Gasteiger partial charge is 0.231 e. The number of nitrogens with one attached hydrogen (secondary N) is 2. The van der Waals surface area contributed by atoms with Crippen molar-refractivity contribution in [1.82, 2.24) is 19.5 Å². The number of rotatable bonds is 8. The third-order valence-electron chi connectivity index (χ3n) is 5.02. The maximum absolute atomic E-state index is 5.46. The van der Waals surface area contributed by atoms with Gasteiger partial charge in [0, 0.05) is 29.2 Å². The van der Waals surface area contributed by atoms with E-state index in [9.17, 15) is 0 Å². The van der Waals surface area contributed by atoms with Gasteiger partial charge in [0.2, 0.25) is 11.7 Å². The van der Waals surface area contributed by atoms with Gasteiger partial charge in [-0.15, -0.1) is 0 Å². The summed E-state index contributed by atoms with van der Waals surface area (Å²) >= 11 is 1.63. The summed E-state index contributed by atoms with van der Waals surface area (Å²) in [5.74, 6) is 2.78. The predicted octanol–water partition coefficient (Wildman–Crippen LogP) is 4.22. The lowest BCUT2D eigenvalue weighted by atomic mass is 10.2. The lowest BCUT2D eigenvalue weighted by Gasteiger charge is -2.15. The molecule has 1 aliphatic carbocycles. The van der Waals surface area contributed by atoms with Crippen LogP contribution in [0.25, 0.3) is 16.9 Å². The zero-order valence-electron chi connectivity index (χ0n) is 17.4. The third kappa shape index (κ3) is 3.70. The summed E-state index contributed by atoms with van der Waals surface area (Å²) in [6.45, 7) is 0. The van der Waals surface area contributed by atoms with Gasteiger partial charge >= 0.3 is 0 Å². The van der Waals surface area contributed by atoms with Gasteiger partial charge in [-0.2, -0.15) is 21.3 Å². The molecule has 1 fully saturated rings. The summed E-state index contributed by atoms with van der Waals surface area (Å²) in [5, 5.41) is 10.8. The van der Waals surface area contributed by atoms with Crippen molar-refractivity contribution in [2.24, 2.45) is 0 Å². The van der Waals surface area contributed by atoms with Crippen molar-refractivity contribution in [2.45, 2.75) is 18.9 Å². The molecule has 5 rings (SSSR count). The minimum Gasteiger partial charge on any atom is -0.493 e. The van der Waals surface area contributed by atoms with E-state index in [0.717, 1.165) is 35.5 Å². The molecule has 0 atom stereocenters. The Morgan fingerprint density at radius 1 is 1.06 bits per heavy atom. The van der Waals surface area contributed by atoms with Crippen molar-refractivity contribution in [3.05, 3.63) is 35.3 Å². The molecule has 2 N–H and O–H groups in total. The van der Waals surface area contributed by atoms with Crippen LogP contribution in [0.2, 0.25) is 0 Å². The lowest BCUT2D eigenvalue weighted by molar-refractivity contribution is 0.324. The van der Waals surface area contributed by atoms with Crippen LogP contribution in [0.3, 0.4) is 0 Å². The molecule has 160 valence electrons. The average molecular weight is 439 g/mol. The van der Waals surface area contributed by atoms with Gasteiger partial charge in [-0.05, 0) is 24.3 Å². The number of hydrogen-bond donors (Lipinski definition) is 2. The number of nitrogens with zero attached hydrogens (tertiary/aromatic N) is 4. The summed E-state index contributed by atoms with van der Waals surface area (Å²) in [4.78, 5) is 14.0. The van der Waals surface area contributed by atoms with Crippen molar-refractivity contribution >= 4 is 40.0 Å². The summed E-state index contributed by atoms with van der Waals surface area (Å²) < 4.78 is 18.3. The van der Waals surface area contributed by atoms with E-state index in [1.165, 1.54) is 0 Å². The van der Waals surface area contributed by atoms with Crippen molar-refractivity contribution in [2.75, 3.05) is 32.0 Å². The van der Waals surface area contributed by atoms with E-state index in [4.69, 9.17) is 24.2 Å². The normalized spacial score (nSPS) is 13.3. The van der Waals surface area contributed by atoms with Crippen LogP contribution in [0.1, 0.15) is 12.8 Å². The minimum atomic E-state index is 0.429. The molecule has 0 aliphatic heterocycles. The molecular weight excluding hydrogens is 416 g/mol. The Labute approximate surface area is 183 Å². The van der Waals surface area contributed by atoms with Crippen LogP contribution in [0, 0.1) is 0 Å². The second kappa shape index (κ2) is 7.95. The molecule has 1 aromatic carbocycles. The molecule has 0 amide bonds. The molecule has 31 heavy (non-hydrogen) atoms. The summed E-state index contributed by atoms with van der Waals surface area (Å²) in [6, 6.07) is 6.10. The van der Waals surface area contributed by atoms with E-state index < -0.39 is 0 Å². The highest BCUT2D eigenvalue weighted by molar-refractivity contribution is 7.08. The molecule has 1 saturated carbocycles. The number of methoxy groups -OCH3 is 3. The summed E-state index contributed by atoms with van der Waals surface area (Å²) in [6.07, 6.45) is 4.04. The van der Waals surface area contributed by atoms with Crippen LogP contribution in [0.15, 0.2) is 35.3 Å². The Hall–Kier alpha value is -3.53. The first-order valence-electron chi connectivity index (χ1n) is 9.81. The first kappa shape index (κ1) is 19.4. The predicted molar refractivity (Wildman–Crippen MR) is 121 cm³/mol. The largest absolute Gasteiger partial charge is 0.493 e. The topological polar surface area (TPSA) is 95.4 Å². The molecule has 0 saturated heterocycles. The van der Waals surface area contributed by atoms with Crippen molar-refractivity contribution in [3.8, 4) is 22.9 Å². The van der Waals surface area contributed by atoms with Crippen LogP contribution in [0.5, 0.6) is 17.2 Å². The van der Waals surface area contributed by atoms with Gasteiger partial charge in [-0.3, -0.25) is 4.57 Å². The molecule has 0 bridgehead atoms. The first-order valence-corrected chi connectivity index (χ1v) is 10.8. The monoisotopic (exact) mass is 438 g/mol. The Morgan fingerprint density at radius 2 is 1.84 bits per heavy atom. The number of imidazole rings is 1. The Kier molecular flexibility index (Phi) is 4.99. The number of fused-ring (bicyclic) bond motifs is 1. The van der Waals surface area contributed by atoms with Crippen LogP contribution in [0.4, 0.5) is 17.5 Å². The van der Waals surface area contributed by atoms with Crippen LogP contribution in [-0.2, 0) is 0 Å². The van der Waals surface area contributed by atoms with Crippen molar-refractivity contribution in [1.29, 1.82) is 0 Å². The molecule has 10 heteroatoms. The fourth-order valence-electron chi connectivity index (χ4n) is 3.34. The Balaban J connectivity index is 1.59. The lowest BCUT2D eigenvalue weighted by Crippen LogP contribution is -2.08. The number of hydrogen-bond acceptors (Lipinski definition) is 9. The second-order valence-corrected chi connectivity index (χ2v) is 7.90. The maximum Gasteiger partial charge on any atom is 0.231 e. The van der Waals surface area contributed by atoms with Crippen LogP contribution < -0.4 is 24.8 Å². The van der Waals surface area contributed by atoms with Crippen molar-refractivity contribution < 1.29 is 14.2 Å². The van der Waals surface area contributed by atoms with Crippen LogP contribution >= 0.6 is 11.3 Å². The second-order valence-electron chi connectivity index (χ2n) is 7.12. The van der Waals surface area contributed by atoms with Gasteiger partial charge in [0.25, 0.3) is 0 Å². The van der Waals surface area contributed by atoms with Gasteiger partial charge in [0.1, 0.15) is 6.33 Å². The number of benzene rings is 1. The van der Waals surface area contributed by atoms with E-state index in [1.807, 2.05) is 28.1 Å². The van der Waals surface area contributed by atoms with E-state index >= 15 is 0 Å². The first-order chi connectivity index (χ1) is 15.2. The highest BCUT2D eigenvalue weighted by Gasteiger charge is 2.24. The van der Waals surface area contributed by atoms with Crippen molar-refractivity contribution in [3.63, 3.8) is 0 Å². The number of thiophene rings is 1. The Bertz CT molecular complexity index is 1190. The van der Waals surface area contributed by atoms with Gasteiger partial charge in [0.05, 0.1) is 27.0 Å². The highest BCUT2D eigenvalue weighted by Crippen LogP contribution is 2.40. The van der Waals surface area contributed by atoms with E-state index in [2.05, 4.69) is 21.0 Å².